The molecule has 0 fully saturated rings. The van der Waals surface area contributed by atoms with E-state index >= 15 is 0 Å². The molecule has 4 rings (SSSR count). The van der Waals surface area contributed by atoms with E-state index in [0.717, 1.165) is 27.5 Å². The van der Waals surface area contributed by atoms with Crippen LogP contribution in [0.25, 0.3) is 0 Å². The van der Waals surface area contributed by atoms with Crippen LogP contribution in [0.15, 0.2) is 57.6 Å². The third-order valence-electron chi connectivity index (χ3n) is 4.57. The smallest absolute Gasteiger partial charge is 0.217 e. The van der Waals surface area contributed by atoms with Crippen LogP contribution in [-0.2, 0) is 4.79 Å². The number of nitrogens with zero attached hydrogens (tertiary/aromatic N) is 2. The fourth-order valence-electron chi connectivity index (χ4n) is 3.18. The zero-order valence-electron chi connectivity index (χ0n) is 16.6. The van der Waals surface area contributed by atoms with Crippen LogP contribution < -0.4 is 16.0 Å². The Bertz CT molecular complexity index is 1120. The van der Waals surface area contributed by atoms with Crippen molar-refractivity contribution in [3.8, 4) is 11.8 Å². The van der Waals surface area contributed by atoms with E-state index in [1.165, 1.54) is 6.92 Å². The molecule has 3 aromatic heterocycles. The van der Waals surface area contributed by atoms with Gasteiger partial charge in [0.1, 0.15) is 23.7 Å². The SMILES string of the molecule is CNC1Nc2ncccc2C(c2ccco2)=NC1c1cc(C#CCNC(C)=O)cs1. The highest BCUT2D eigenvalue weighted by Crippen LogP contribution is 2.33. The Morgan fingerprint density at radius 2 is 2.27 bits per heavy atom. The third kappa shape index (κ3) is 4.27. The number of fused-ring (bicyclic) bond motifs is 1. The summed E-state index contributed by atoms with van der Waals surface area (Å²) in [5.41, 5.74) is 2.54. The number of amides is 1. The quantitative estimate of drug-likeness (QED) is 0.566. The number of furan rings is 1. The van der Waals surface area contributed by atoms with Crippen molar-refractivity contribution in [2.75, 3.05) is 18.9 Å². The first-order chi connectivity index (χ1) is 14.7. The summed E-state index contributed by atoms with van der Waals surface area (Å²) in [6, 6.07) is 9.46. The van der Waals surface area contributed by atoms with Gasteiger partial charge in [-0.15, -0.1) is 11.3 Å². The molecule has 1 aliphatic rings. The number of pyridine rings is 1. The topological polar surface area (TPSA) is 91.6 Å². The third-order valence-corrected chi connectivity index (χ3v) is 5.58. The molecule has 0 bridgehead atoms. The molecule has 0 spiro atoms. The Labute approximate surface area is 178 Å². The maximum Gasteiger partial charge on any atom is 0.217 e. The molecule has 1 aliphatic heterocycles. The number of likely N-dealkylation sites (N-methyl/N-ethyl adjacent to an activating group) is 1. The van der Waals surface area contributed by atoms with Gasteiger partial charge >= 0.3 is 0 Å². The van der Waals surface area contributed by atoms with Gasteiger partial charge in [0.25, 0.3) is 0 Å². The highest BCUT2D eigenvalue weighted by atomic mass is 32.1. The van der Waals surface area contributed by atoms with Crippen LogP contribution in [0.4, 0.5) is 5.82 Å². The Balaban J connectivity index is 1.70. The van der Waals surface area contributed by atoms with Crippen molar-refractivity contribution in [1.29, 1.82) is 0 Å². The molecular formula is C22H21N5O2S. The second kappa shape index (κ2) is 8.95. The van der Waals surface area contributed by atoms with Crippen LogP contribution in [0.1, 0.15) is 34.7 Å². The van der Waals surface area contributed by atoms with E-state index in [1.54, 1.807) is 23.8 Å². The lowest BCUT2D eigenvalue weighted by Gasteiger charge is -2.22. The molecule has 2 atom stereocenters. The summed E-state index contributed by atoms with van der Waals surface area (Å²) in [5, 5.41) is 11.5. The average molecular weight is 420 g/mol. The highest BCUT2D eigenvalue weighted by molar-refractivity contribution is 7.10. The molecule has 8 heteroatoms. The summed E-state index contributed by atoms with van der Waals surface area (Å²) in [7, 11) is 1.89. The first-order valence-electron chi connectivity index (χ1n) is 9.48. The highest BCUT2D eigenvalue weighted by Gasteiger charge is 2.30. The van der Waals surface area contributed by atoms with E-state index in [0.29, 0.717) is 12.3 Å². The molecule has 0 saturated carbocycles. The predicted molar refractivity (Wildman–Crippen MR) is 118 cm³/mol. The number of anilines is 1. The number of aliphatic imine (C=N–C) groups is 1. The molecular weight excluding hydrogens is 398 g/mol. The van der Waals surface area contributed by atoms with E-state index in [4.69, 9.17) is 9.41 Å². The first kappa shape index (κ1) is 19.9. The number of nitrogens with one attached hydrogen (secondary N) is 3. The summed E-state index contributed by atoms with van der Waals surface area (Å²) in [5.74, 6) is 7.41. The van der Waals surface area contributed by atoms with Gasteiger partial charge in [-0.2, -0.15) is 0 Å². The predicted octanol–water partition coefficient (Wildman–Crippen LogP) is 2.77. The van der Waals surface area contributed by atoms with Crippen LogP contribution in [-0.4, -0.2) is 36.4 Å². The molecule has 0 aliphatic carbocycles. The van der Waals surface area contributed by atoms with Crippen LogP contribution in [0, 0.1) is 11.8 Å². The monoisotopic (exact) mass is 419 g/mol. The number of carbonyl (C=O) groups excluding carboxylic acids is 1. The maximum absolute atomic E-state index is 11.0. The number of rotatable bonds is 4. The van der Waals surface area contributed by atoms with Gasteiger partial charge < -0.3 is 15.1 Å². The minimum absolute atomic E-state index is 0.0929. The zero-order chi connectivity index (χ0) is 20.9. The van der Waals surface area contributed by atoms with Gasteiger partial charge in [-0.05, 0) is 37.4 Å². The van der Waals surface area contributed by atoms with Gasteiger partial charge in [-0.3, -0.25) is 15.1 Å². The van der Waals surface area contributed by atoms with Gasteiger partial charge in [-0.25, -0.2) is 4.98 Å². The lowest BCUT2D eigenvalue weighted by Crippen LogP contribution is -2.38. The summed E-state index contributed by atoms with van der Waals surface area (Å²) in [6.45, 7) is 1.80. The number of hydrogen-bond donors (Lipinski definition) is 3. The standard InChI is InChI=1S/C22H21N5O2S/c1-14(28)24-9-3-6-15-12-18(30-13-15)20-22(23-2)27-21-16(7-4-10-25-21)19(26-20)17-8-5-11-29-17/h4-5,7-8,10-13,20,22-23H,9H2,1-2H3,(H,24,28)(H,25,27). The van der Waals surface area contributed by atoms with Gasteiger partial charge in [0, 0.05) is 34.5 Å². The van der Waals surface area contributed by atoms with E-state index in [1.807, 2.05) is 42.8 Å². The van der Waals surface area contributed by atoms with Crippen molar-refractivity contribution in [2.45, 2.75) is 19.1 Å². The fourth-order valence-corrected chi connectivity index (χ4v) is 4.09. The number of carbonyl (C=O) groups is 1. The van der Waals surface area contributed by atoms with Crippen molar-refractivity contribution in [3.05, 3.63) is 69.9 Å². The van der Waals surface area contributed by atoms with Gasteiger partial charge in [0.05, 0.1) is 12.8 Å². The molecule has 0 saturated heterocycles. The van der Waals surface area contributed by atoms with Crippen LogP contribution in [0.2, 0.25) is 0 Å². The van der Waals surface area contributed by atoms with Crippen LogP contribution in [0.3, 0.4) is 0 Å². The van der Waals surface area contributed by atoms with Gasteiger partial charge in [0.2, 0.25) is 5.91 Å². The van der Waals surface area contributed by atoms with Crippen molar-refractivity contribution >= 4 is 28.8 Å². The fraction of sp³-hybridized carbons (Fsp3) is 0.227. The lowest BCUT2D eigenvalue weighted by molar-refractivity contribution is -0.118. The second-order valence-corrected chi connectivity index (χ2v) is 7.60. The molecule has 0 radical (unpaired) electrons. The largest absolute Gasteiger partial charge is 0.463 e. The Morgan fingerprint density at radius 3 is 3.03 bits per heavy atom. The molecule has 2 unspecified atom stereocenters. The van der Waals surface area contributed by atoms with Gasteiger partial charge in [0.15, 0.2) is 5.76 Å². The van der Waals surface area contributed by atoms with Crippen molar-refractivity contribution in [3.63, 3.8) is 0 Å². The van der Waals surface area contributed by atoms with E-state index in [2.05, 4.69) is 32.8 Å². The maximum atomic E-state index is 11.0. The van der Waals surface area contributed by atoms with Crippen LogP contribution >= 0.6 is 11.3 Å². The van der Waals surface area contributed by atoms with Crippen molar-refractivity contribution in [1.82, 2.24) is 15.6 Å². The normalized spacial score (nSPS) is 17.6. The Morgan fingerprint density at radius 1 is 1.37 bits per heavy atom. The lowest BCUT2D eigenvalue weighted by atomic mass is 10.1. The van der Waals surface area contributed by atoms with Gasteiger partial charge in [-0.1, -0.05) is 11.8 Å². The minimum Gasteiger partial charge on any atom is -0.463 e. The molecule has 152 valence electrons. The summed E-state index contributed by atoms with van der Waals surface area (Å²) < 4.78 is 5.67. The minimum atomic E-state index is -0.208. The van der Waals surface area contributed by atoms with E-state index < -0.39 is 0 Å². The average Bonchev–Trinajstić information content (AvgIpc) is 3.41. The molecule has 3 N–H and O–H groups in total. The van der Waals surface area contributed by atoms with E-state index in [-0.39, 0.29) is 18.1 Å². The second-order valence-electron chi connectivity index (χ2n) is 6.66. The molecule has 4 heterocycles. The van der Waals surface area contributed by atoms with Crippen molar-refractivity contribution in [2.24, 2.45) is 4.99 Å². The summed E-state index contributed by atoms with van der Waals surface area (Å²) in [6.07, 6.45) is 3.24. The molecule has 7 nitrogen and oxygen atoms in total. The molecule has 3 aromatic rings. The number of thiophene rings is 1. The summed E-state index contributed by atoms with van der Waals surface area (Å²) in [4.78, 5) is 21.6. The zero-order valence-corrected chi connectivity index (χ0v) is 17.4. The van der Waals surface area contributed by atoms with Crippen molar-refractivity contribution < 1.29 is 9.21 Å². The molecule has 1 amide bonds. The van der Waals surface area contributed by atoms with Crippen LogP contribution in [0.5, 0.6) is 0 Å². The Hall–Kier alpha value is -3.41. The molecule has 0 aromatic carbocycles. The first-order valence-corrected chi connectivity index (χ1v) is 10.4. The van der Waals surface area contributed by atoms with E-state index in [9.17, 15) is 4.79 Å². The Kier molecular flexibility index (Phi) is 5.93. The number of aromatic nitrogens is 1. The summed E-state index contributed by atoms with van der Waals surface area (Å²) >= 11 is 1.60. The number of hydrogen-bond acceptors (Lipinski definition) is 7. The molecule has 30 heavy (non-hydrogen) atoms.